The molecule has 0 aromatic carbocycles. The highest BCUT2D eigenvalue weighted by atomic mass is 35.5. The Labute approximate surface area is 135 Å². The second-order valence-electron chi connectivity index (χ2n) is 5.12. The van der Waals surface area contributed by atoms with E-state index >= 15 is 0 Å². The number of halogens is 1. The lowest BCUT2D eigenvalue weighted by Crippen LogP contribution is -2.47. The minimum absolute atomic E-state index is 0. The van der Waals surface area contributed by atoms with Gasteiger partial charge in [0.15, 0.2) is 5.82 Å². The van der Waals surface area contributed by atoms with Gasteiger partial charge in [0, 0.05) is 44.4 Å². The molecule has 1 aliphatic rings. The number of aromatic amines is 1. The van der Waals surface area contributed by atoms with Crippen molar-refractivity contribution in [1.29, 1.82) is 0 Å². The first-order valence-electron chi connectivity index (χ1n) is 6.97. The lowest BCUT2D eigenvalue weighted by molar-refractivity contribution is -0.128. The van der Waals surface area contributed by atoms with Gasteiger partial charge in [0.1, 0.15) is 0 Å². The molecule has 0 unspecified atom stereocenters. The number of hydrogen-bond donors (Lipinski definition) is 2. The molecule has 0 saturated carbocycles. The first-order valence-corrected chi connectivity index (χ1v) is 6.97. The summed E-state index contributed by atoms with van der Waals surface area (Å²) in [5.74, 6) is 0.428. The molecular weight excluding hydrogens is 310 g/mol. The van der Waals surface area contributed by atoms with Crippen molar-refractivity contribution in [2.45, 2.75) is 6.42 Å². The number of nitrogens with zero attached hydrogens (tertiary/aromatic N) is 3. The van der Waals surface area contributed by atoms with E-state index in [0.717, 1.165) is 31.9 Å². The molecule has 1 fully saturated rings. The molecule has 9 heteroatoms. The third-order valence-electron chi connectivity index (χ3n) is 3.42. The monoisotopic (exact) mass is 331 g/mol. The smallest absolute Gasteiger partial charge is 0.293 e. The van der Waals surface area contributed by atoms with E-state index in [9.17, 15) is 9.59 Å². The molecule has 1 saturated heterocycles. The van der Waals surface area contributed by atoms with Gasteiger partial charge in [0.05, 0.1) is 13.2 Å². The number of amides is 1. The molecule has 0 spiro atoms. The molecule has 1 aliphatic heterocycles. The van der Waals surface area contributed by atoms with Gasteiger partial charge in [-0.3, -0.25) is 19.6 Å². The second-order valence-corrected chi connectivity index (χ2v) is 5.12. The zero-order valence-corrected chi connectivity index (χ0v) is 13.4. The SMILES string of the molecule is CN1CCN(CC(=O)Nc2cc(CCOC=O)[nH]n2)CC1.Cl. The van der Waals surface area contributed by atoms with E-state index in [4.69, 9.17) is 0 Å². The van der Waals surface area contributed by atoms with Crippen LogP contribution in [-0.4, -0.2) is 78.8 Å². The van der Waals surface area contributed by atoms with Crippen LogP contribution >= 0.6 is 12.4 Å². The van der Waals surface area contributed by atoms with E-state index in [1.807, 2.05) is 0 Å². The summed E-state index contributed by atoms with van der Waals surface area (Å²) in [6, 6.07) is 1.75. The Hall–Kier alpha value is -1.64. The summed E-state index contributed by atoms with van der Waals surface area (Å²) in [5, 5.41) is 9.58. The van der Waals surface area contributed by atoms with Crippen molar-refractivity contribution >= 4 is 30.6 Å². The van der Waals surface area contributed by atoms with Crippen LogP contribution in [0.4, 0.5) is 5.82 Å². The number of nitrogens with one attached hydrogen (secondary N) is 2. The van der Waals surface area contributed by atoms with E-state index in [2.05, 4.69) is 37.1 Å². The van der Waals surface area contributed by atoms with E-state index in [-0.39, 0.29) is 18.3 Å². The van der Waals surface area contributed by atoms with Crippen molar-refractivity contribution in [2.75, 3.05) is 51.7 Å². The normalized spacial score (nSPS) is 15.9. The Kier molecular flexibility index (Phi) is 7.86. The third kappa shape index (κ3) is 6.00. The van der Waals surface area contributed by atoms with Gasteiger partial charge in [-0.05, 0) is 7.05 Å². The van der Waals surface area contributed by atoms with Gasteiger partial charge in [0.2, 0.25) is 5.91 Å². The average Bonchev–Trinajstić information content (AvgIpc) is 2.89. The quantitative estimate of drug-likeness (QED) is 0.528. The van der Waals surface area contributed by atoms with Crippen LogP contribution in [0.25, 0.3) is 0 Å². The molecule has 0 radical (unpaired) electrons. The molecule has 22 heavy (non-hydrogen) atoms. The molecule has 1 aromatic heterocycles. The van der Waals surface area contributed by atoms with Gasteiger partial charge >= 0.3 is 0 Å². The minimum atomic E-state index is -0.0678. The predicted octanol–water partition coefficient (Wildman–Crippen LogP) is -0.267. The van der Waals surface area contributed by atoms with Gasteiger partial charge in [-0.1, -0.05) is 0 Å². The molecule has 0 atom stereocenters. The fourth-order valence-corrected chi connectivity index (χ4v) is 2.16. The summed E-state index contributed by atoms with van der Waals surface area (Å²) in [7, 11) is 2.08. The highest BCUT2D eigenvalue weighted by molar-refractivity contribution is 5.91. The van der Waals surface area contributed by atoms with E-state index < -0.39 is 0 Å². The largest absolute Gasteiger partial charge is 0.467 e. The number of carbonyl (C=O) groups is 2. The topological polar surface area (TPSA) is 90.6 Å². The summed E-state index contributed by atoms with van der Waals surface area (Å²) >= 11 is 0. The molecule has 124 valence electrons. The average molecular weight is 332 g/mol. The van der Waals surface area contributed by atoms with Crippen molar-refractivity contribution in [3.63, 3.8) is 0 Å². The van der Waals surface area contributed by atoms with Gasteiger partial charge in [-0.15, -0.1) is 12.4 Å². The van der Waals surface area contributed by atoms with Crippen LogP contribution in [0.2, 0.25) is 0 Å². The van der Waals surface area contributed by atoms with Crippen molar-refractivity contribution in [2.24, 2.45) is 0 Å². The summed E-state index contributed by atoms with van der Waals surface area (Å²) < 4.78 is 4.61. The number of likely N-dealkylation sites (N-methyl/N-ethyl adjacent to an activating group) is 1. The number of ether oxygens (including phenoxy) is 1. The van der Waals surface area contributed by atoms with Crippen molar-refractivity contribution < 1.29 is 14.3 Å². The number of anilines is 1. The van der Waals surface area contributed by atoms with Crippen LogP contribution in [0.3, 0.4) is 0 Å². The highest BCUT2D eigenvalue weighted by Crippen LogP contribution is 2.06. The van der Waals surface area contributed by atoms with Gasteiger partial charge < -0.3 is 15.0 Å². The van der Waals surface area contributed by atoms with Crippen LogP contribution < -0.4 is 5.32 Å². The maximum Gasteiger partial charge on any atom is 0.293 e. The van der Waals surface area contributed by atoms with Crippen molar-refractivity contribution in [1.82, 2.24) is 20.0 Å². The van der Waals surface area contributed by atoms with Crippen LogP contribution in [0.5, 0.6) is 0 Å². The van der Waals surface area contributed by atoms with E-state index in [0.29, 0.717) is 31.9 Å². The fourth-order valence-electron chi connectivity index (χ4n) is 2.16. The van der Waals surface area contributed by atoms with Crippen LogP contribution in [0.15, 0.2) is 6.07 Å². The van der Waals surface area contributed by atoms with Gasteiger partial charge in [-0.25, -0.2) is 0 Å². The number of aromatic nitrogens is 2. The maximum absolute atomic E-state index is 11.9. The Morgan fingerprint density at radius 2 is 2.18 bits per heavy atom. The first-order chi connectivity index (χ1) is 10.2. The lowest BCUT2D eigenvalue weighted by atomic mass is 10.3. The Morgan fingerprint density at radius 1 is 1.45 bits per heavy atom. The molecule has 8 nitrogen and oxygen atoms in total. The van der Waals surface area contributed by atoms with E-state index in [1.54, 1.807) is 6.07 Å². The molecule has 0 bridgehead atoms. The zero-order valence-electron chi connectivity index (χ0n) is 12.6. The lowest BCUT2D eigenvalue weighted by Gasteiger charge is -2.31. The summed E-state index contributed by atoms with van der Waals surface area (Å²) in [4.78, 5) is 26.4. The Morgan fingerprint density at radius 3 is 2.86 bits per heavy atom. The number of carbonyl (C=O) groups excluding carboxylic acids is 2. The van der Waals surface area contributed by atoms with Crippen molar-refractivity contribution in [3.8, 4) is 0 Å². The molecule has 1 amide bonds. The van der Waals surface area contributed by atoms with Gasteiger partial charge in [-0.2, -0.15) is 5.10 Å². The Bertz CT molecular complexity index is 474. The number of H-pyrrole nitrogens is 1. The second kappa shape index (κ2) is 9.39. The minimum Gasteiger partial charge on any atom is -0.467 e. The zero-order chi connectivity index (χ0) is 15.1. The maximum atomic E-state index is 11.9. The van der Waals surface area contributed by atoms with Gasteiger partial charge in [0.25, 0.3) is 6.47 Å². The van der Waals surface area contributed by atoms with E-state index in [1.165, 1.54) is 0 Å². The first kappa shape index (κ1) is 18.4. The number of rotatable bonds is 7. The predicted molar refractivity (Wildman–Crippen MR) is 84.1 cm³/mol. The molecule has 2 rings (SSSR count). The van der Waals surface area contributed by atoms with Crippen LogP contribution in [0, 0.1) is 0 Å². The molecular formula is C13H22ClN5O3. The summed E-state index contributed by atoms with van der Waals surface area (Å²) in [6.45, 7) is 4.85. The molecule has 2 heterocycles. The Balaban J connectivity index is 0.00000242. The summed E-state index contributed by atoms with van der Waals surface area (Å²) in [6.07, 6.45) is 0.542. The number of hydrogen-bond acceptors (Lipinski definition) is 6. The molecule has 0 aliphatic carbocycles. The standard InChI is InChI=1S/C13H21N5O3.ClH/c1-17-3-5-18(6-4-17)9-13(20)14-12-8-11(15-16-12)2-7-21-10-19;/h8,10H,2-7,9H2,1H3,(H2,14,15,16,20);1H. The molecule has 2 N–H and O–H groups in total. The third-order valence-corrected chi connectivity index (χ3v) is 3.42. The van der Waals surface area contributed by atoms with Crippen molar-refractivity contribution in [3.05, 3.63) is 11.8 Å². The number of piperazine rings is 1. The molecule has 1 aromatic rings. The van der Waals surface area contributed by atoms with Crippen LogP contribution in [-0.2, 0) is 20.7 Å². The fraction of sp³-hybridized carbons (Fsp3) is 0.615. The highest BCUT2D eigenvalue weighted by Gasteiger charge is 2.17. The summed E-state index contributed by atoms with van der Waals surface area (Å²) in [5.41, 5.74) is 0.812. The van der Waals surface area contributed by atoms with Crippen LogP contribution in [0.1, 0.15) is 5.69 Å².